The van der Waals surface area contributed by atoms with Crippen molar-refractivity contribution in [2.75, 3.05) is 13.1 Å². The first-order valence-electron chi connectivity index (χ1n) is 7.42. The van der Waals surface area contributed by atoms with E-state index in [2.05, 4.69) is 15.9 Å². The van der Waals surface area contributed by atoms with Gasteiger partial charge < -0.3 is 11.5 Å². The van der Waals surface area contributed by atoms with E-state index in [1.165, 1.54) is 0 Å². The van der Waals surface area contributed by atoms with Gasteiger partial charge in [0, 0.05) is 28.9 Å². The molecule has 2 atom stereocenters. The Hall–Kier alpha value is -1.21. The molecule has 0 spiro atoms. The number of benzene rings is 2. The molecule has 0 bridgehead atoms. The summed E-state index contributed by atoms with van der Waals surface area (Å²) in [5.74, 6) is -0.171. The van der Waals surface area contributed by atoms with Crippen LogP contribution >= 0.6 is 15.9 Å². The Kier molecular flexibility index (Phi) is 4.35. The van der Waals surface area contributed by atoms with Crippen LogP contribution in [-0.2, 0) is 9.84 Å². The van der Waals surface area contributed by atoms with E-state index in [1.54, 1.807) is 30.3 Å². The molecule has 1 aliphatic carbocycles. The van der Waals surface area contributed by atoms with Crippen molar-refractivity contribution in [3.8, 4) is 0 Å². The average molecular weight is 395 g/mol. The van der Waals surface area contributed by atoms with E-state index in [9.17, 15) is 8.42 Å². The van der Waals surface area contributed by atoms with Crippen LogP contribution in [0.15, 0.2) is 64.0 Å². The fourth-order valence-electron chi connectivity index (χ4n) is 3.44. The van der Waals surface area contributed by atoms with E-state index < -0.39 is 20.5 Å². The van der Waals surface area contributed by atoms with Gasteiger partial charge in [0.15, 0.2) is 9.84 Å². The second-order valence-corrected chi connectivity index (χ2v) is 8.93. The normalized spacial score (nSPS) is 22.7. The lowest BCUT2D eigenvalue weighted by Gasteiger charge is -2.13. The van der Waals surface area contributed by atoms with Crippen molar-refractivity contribution in [3.63, 3.8) is 0 Å². The molecule has 0 saturated heterocycles. The summed E-state index contributed by atoms with van der Waals surface area (Å²) in [6, 6.07) is 16.2. The van der Waals surface area contributed by atoms with Gasteiger partial charge in [0.25, 0.3) is 0 Å². The Morgan fingerprint density at radius 3 is 2.04 bits per heavy atom. The Balaban J connectivity index is 2.05. The van der Waals surface area contributed by atoms with Gasteiger partial charge >= 0.3 is 0 Å². The summed E-state index contributed by atoms with van der Waals surface area (Å²) < 4.78 is 27.1. The molecule has 0 heterocycles. The predicted molar refractivity (Wildman–Crippen MR) is 94.8 cm³/mol. The number of halogens is 1. The highest BCUT2D eigenvalue weighted by Crippen LogP contribution is 2.62. The van der Waals surface area contributed by atoms with Crippen LogP contribution in [0.2, 0.25) is 0 Å². The van der Waals surface area contributed by atoms with Crippen molar-refractivity contribution >= 4 is 25.8 Å². The Morgan fingerprint density at radius 1 is 0.957 bits per heavy atom. The van der Waals surface area contributed by atoms with Crippen molar-refractivity contribution in [3.05, 3.63) is 64.6 Å². The number of nitrogens with two attached hydrogens (primary N) is 2. The molecule has 3 rings (SSSR count). The zero-order valence-electron chi connectivity index (χ0n) is 12.5. The summed E-state index contributed by atoms with van der Waals surface area (Å²) in [6.07, 6.45) is 0. The van der Waals surface area contributed by atoms with Crippen LogP contribution in [0.1, 0.15) is 11.5 Å². The van der Waals surface area contributed by atoms with Crippen molar-refractivity contribution in [1.29, 1.82) is 0 Å². The quantitative estimate of drug-likeness (QED) is 0.814. The van der Waals surface area contributed by atoms with Crippen LogP contribution in [0.25, 0.3) is 0 Å². The van der Waals surface area contributed by atoms with E-state index >= 15 is 0 Å². The zero-order chi connectivity index (χ0) is 16.7. The summed E-state index contributed by atoms with van der Waals surface area (Å²) in [5, 5.41) is -0.575. The fraction of sp³-hybridized carbons (Fsp3) is 0.294. The molecule has 6 heteroatoms. The van der Waals surface area contributed by atoms with E-state index in [0.29, 0.717) is 4.90 Å². The number of hydrogen-bond donors (Lipinski definition) is 2. The van der Waals surface area contributed by atoms with Crippen LogP contribution in [-0.4, -0.2) is 26.8 Å². The molecule has 0 unspecified atom stereocenters. The van der Waals surface area contributed by atoms with Crippen molar-refractivity contribution < 1.29 is 8.42 Å². The molecule has 122 valence electrons. The van der Waals surface area contributed by atoms with Crippen LogP contribution in [0.5, 0.6) is 0 Å². The van der Waals surface area contributed by atoms with Crippen molar-refractivity contribution in [1.82, 2.24) is 0 Å². The van der Waals surface area contributed by atoms with Gasteiger partial charge in [-0.25, -0.2) is 8.42 Å². The molecular formula is C17H19BrN2O2S. The molecular weight excluding hydrogens is 376 g/mol. The number of rotatable bonds is 5. The Labute approximate surface area is 144 Å². The molecule has 0 radical (unpaired) electrons. The van der Waals surface area contributed by atoms with Gasteiger partial charge in [-0.2, -0.15) is 0 Å². The molecule has 2 aromatic rings. The minimum atomic E-state index is -3.48. The zero-order valence-corrected chi connectivity index (χ0v) is 14.9. The average Bonchev–Trinajstić information content (AvgIpc) is 3.27. The van der Waals surface area contributed by atoms with E-state index in [0.717, 1.165) is 10.0 Å². The van der Waals surface area contributed by atoms with E-state index in [1.807, 2.05) is 24.3 Å². The minimum absolute atomic E-state index is 0.171. The molecule has 4 nitrogen and oxygen atoms in total. The third-order valence-electron chi connectivity index (χ3n) is 4.77. The molecule has 2 aromatic carbocycles. The standard InChI is InChI=1S/C17H19BrN2O2S/c18-13-8-6-12(7-9-13)15-16(17(15,10-19)11-20)23(21,22)14-4-2-1-3-5-14/h1-9,15-16H,10-11,19-20H2/t15-,16+/m1/s1. The second kappa shape index (κ2) is 6.02. The predicted octanol–water partition coefficient (Wildman–Crippen LogP) is 2.29. The first-order chi connectivity index (χ1) is 11.0. The summed E-state index contributed by atoms with van der Waals surface area (Å²) in [6.45, 7) is 0.502. The summed E-state index contributed by atoms with van der Waals surface area (Å²) in [4.78, 5) is 0.330. The lowest BCUT2D eigenvalue weighted by atomic mass is 9.99. The Bertz CT molecular complexity index is 787. The van der Waals surface area contributed by atoms with Gasteiger partial charge in [-0.05, 0) is 29.8 Å². The first kappa shape index (κ1) is 16.6. The number of sulfone groups is 1. The van der Waals surface area contributed by atoms with Gasteiger partial charge in [0.2, 0.25) is 0 Å². The fourth-order valence-corrected chi connectivity index (χ4v) is 6.20. The third kappa shape index (κ3) is 2.63. The maximum absolute atomic E-state index is 13.1. The highest BCUT2D eigenvalue weighted by molar-refractivity contribution is 9.10. The first-order valence-corrected chi connectivity index (χ1v) is 9.76. The van der Waals surface area contributed by atoms with Crippen LogP contribution in [0.3, 0.4) is 0 Å². The minimum Gasteiger partial charge on any atom is -0.330 e. The lowest BCUT2D eigenvalue weighted by molar-refractivity contribution is 0.510. The van der Waals surface area contributed by atoms with Crippen molar-refractivity contribution in [2.24, 2.45) is 16.9 Å². The maximum atomic E-state index is 13.1. The molecule has 23 heavy (non-hydrogen) atoms. The Morgan fingerprint density at radius 2 is 1.52 bits per heavy atom. The number of hydrogen-bond acceptors (Lipinski definition) is 4. The molecule has 1 fully saturated rings. The van der Waals surface area contributed by atoms with E-state index in [-0.39, 0.29) is 19.0 Å². The second-order valence-electron chi connectivity index (χ2n) is 5.95. The SMILES string of the molecule is NCC1(CN)[C@H](c2ccc(Br)cc2)[C@@H]1S(=O)(=O)c1ccccc1. The summed E-state index contributed by atoms with van der Waals surface area (Å²) in [5.41, 5.74) is 12.3. The van der Waals surface area contributed by atoms with Gasteiger partial charge in [-0.3, -0.25) is 0 Å². The molecule has 0 aromatic heterocycles. The largest absolute Gasteiger partial charge is 0.330 e. The monoisotopic (exact) mass is 394 g/mol. The highest BCUT2D eigenvalue weighted by Gasteiger charge is 2.69. The summed E-state index contributed by atoms with van der Waals surface area (Å²) in [7, 11) is -3.48. The lowest BCUT2D eigenvalue weighted by Crippen LogP contribution is -2.31. The topological polar surface area (TPSA) is 86.2 Å². The van der Waals surface area contributed by atoms with Crippen LogP contribution in [0.4, 0.5) is 0 Å². The van der Waals surface area contributed by atoms with E-state index in [4.69, 9.17) is 11.5 Å². The smallest absolute Gasteiger partial charge is 0.182 e. The van der Waals surface area contributed by atoms with Crippen LogP contribution in [0, 0.1) is 5.41 Å². The summed E-state index contributed by atoms with van der Waals surface area (Å²) >= 11 is 3.40. The van der Waals surface area contributed by atoms with Crippen molar-refractivity contribution in [2.45, 2.75) is 16.1 Å². The molecule has 0 aliphatic heterocycles. The maximum Gasteiger partial charge on any atom is 0.182 e. The molecule has 0 amide bonds. The van der Waals surface area contributed by atoms with Gasteiger partial charge in [0.05, 0.1) is 10.1 Å². The van der Waals surface area contributed by atoms with Gasteiger partial charge in [0.1, 0.15) is 0 Å². The van der Waals surface area contributed by atoms with Gasteiger partial charge in [-0.15, -0.1) is 0 Å². The molecule has 1 aliphatic rings. The highest BCUT2D eigenvalue weighted by atomic mass is 79.9. The van der Waals surface area contributed by atoms with Gasteiger partial charge in [-0.1, -0.05) is 46.3 Å². The third-order valence-corrected chi connectivity index (χ3v) is 7.64. The molecule has 4 N–H and O–H groups in total. The van der Waals surface area contributed by atoms with Crippen LogP contribution < -0.4 is 11.5 Å². The molecule has 1 saturated carbocycles.